The molecular formula is C16H22N2O3. The highest BCUT2D eigenvalue weighted by atomic mass is 16.5. The van der Waals surface area contributed by atoms with E-state index in [0.29, 0.717) is 19.4 Å². The van der Waals surface area contributed by atoms with E-state index in [4.69, 9.17) is 4.74 Å². The molecule has 1 saturated heterocycles. The first-order valence-corrected chi connectivity index (χ1v) is 7.34. The van der Waals surface area contributed by atoms with Gasteiger partial charge in [-0.25, -0.2) is 0 Å². The maximum atomic E-state index is 12.5. The van der Waals surface area contributed by atoms with Crippen LogP contribution in [0.4, 0.5) is 0 Å². The standard InChI is InChI=1S/C16H22N2O3/c1-4-13-16(20)18(14(5-2)15(19)17-13)10-11-6-8-12(21-3)9-7-11/h6-9,13-14H,4-5,10H2,1-3H3,(H,17,19). The number of amides is 2. The van der Waals surface area contributed by atoms with Gasteiger partial charge in [-0.2, -0.15) is 0 Å². The summed E-state index contributed by atoms with van der Waals surface area (Å²) in [4.78, 5) is 26.3. The number of hydrogen-bond acceptors (Lipinski definition) is 3. The summed E-state index contributed by atoms with van der Waals surface area (Å²) in [6.07, 6.45) is 1.23. The van der Waals surface area contributed by atoms with Gasteiger partial charge in [0.1, 0.15) is 17.8 Å². The zero-order valence-electron chi connectivity index (χ0n) is 12.8. The highest BCUT2D eigenvalue weighted by Gasteiger charge is 2.38. The Morgan fingerprint density at radius 2 is 1.81 bits per heavy atom. The van der Waals surface area contributed by atoms with E-state index in [1.807, 2.05) is 38.1 Å². The number of ether oxygens (including phenoxy) is 1. The molecule has 2 rings (SSSR count). The number of rotatable bonds is 5. The van der Waals surface area contributed by atoms with Crippen molar-refractivity contribution in [2.45, 2.75) is 45.3 Å². The van der Waals surface area contributed by atoms with Gasteiger partial charge >= 0.3 is 0 Å². The Morgan fingerprint density at radius 1 is 1.14 bits per heavy atom. The average molecular weight is 290 g/mol. The molecule has 0 aliphatic carbocycles. The predicted octanol–water partition coefficient (Wildman–Crippen LogP) is 1.71. The Kier molecular flexibility index (Phi) is 4.83. The molecule has 1 heterocycles. The first-order chi connectivity index (χ1) is 10.1. The minimum Gasteiger partial charge on any atom is -0.497 e. The first-order valence-electron chi connectivity index (χ1n) is 7.34. The van der Waals surface area contributed by atoms with E-state index < -0.39 is 6.04 Å². The summed E-state index contributed by atoms with van der Waals surface area (Å²) < 4.78 is 5.13. The monoisotopic (exact) mass is 290 g/mol. The van der Waals surface area contributed by atoms with Gasteiger partial charge in [-0.15, -0.1) is 0 Å². The summed E-state index contributed by atoms with van der Waals surface area (Å²) in [7, 11) is 1.62. The third-order valence-electron chi connectivity index (χ3n) is 3.88. The van der Waals surface area contributed by atoms with E-state index in [-0.39, 0.29) is 17.9 Å². The van der Waals surface area contributed by atoms with Crippen LogP contribution in [0.1, 0.15) is 32.3 Å². The molecular weight excluding hydrogens is 268 g/mol. The lowest BCUT2D eigenvalue weighted by Crippen LogP contribution is -2.62. The third-order valence-corrected chi connectivity index (χ3v) is 3.88. The van der Waals surface area contributed by atoms with Crippen molar-refractivity contribution in [3.63, 3.8) is 0 Å². The fourth-order valence-corrected chi connectivity index (χ4v) is 2.62. The van der Waals surface area contributed by atoms with E-state index in [9.17, 15) is 9.59 Å². The van der Waals surface area contributed by atoms with Crippen molar-refractivity contribution in [3.8, 4) is 5.75 Å². The maximum absolute atomic E-state index is 12.5. The fourth-order valence-electron chi connectivity index (χ4n) is 2.62. The van der Waals surface area contributed by atoms with Crippen molar-refractivity contribution < 1.29 is 14.3 Å². The molecule has 1 aromatic rings. The summed E-state index contributed by atoms with van der Waals surface area (Å²) in [6.45, 7) is 4.27. The smallest absolute Gasteiger partial charge is 0.246 e. The number of benzene rings is 1. The normalized spacial score (nSPS) is 22.1. The second-order valence-corrected chi connectivity index (χ2v) is 5.21. The lowest BCUT2D eigenvalue weighted by Gasteiger charge is -2.38. The largest absolute Gasteiger partial charge is 0.497 e. The van der Waals surface area contributed by atoms with Crippen molar-refractivity contribution in [2.75, 3.05) is 7.11 Å². The van der Waals surface area contributed by atoms with Gasteiger partial charge in [-0.3, -0.25) is 9.59 Å². The molecule has 1 fully saturated rings. The third kappa shape index (κ3) is 3.17. The molecule has 5 heteroatoms. The number of carbonyl (C=O) groups excluding carboxylic acids is 2. The van der Waals surface area contributed by atoms with E-state index in [2.05, 4.69) is 5.32 Å². The van der Waals surface area contributed by atoms with Crippen LogP contribution in [0.25, 0.3) is 0 Å². The number of methoxy groups -OCH3 is 1. The van der Waals surface area contributed by atoms with Crippen molar-refractivity contribution >= 4 is 11.8 Å². The van der Waals surface area contributed by atoms with E-state index in [1.54, 1.807) is 12.0 Å². The molecule has 2 atom stereocenters. The zero-order chi connectivity index (χ0) is 15.4. The minimum atomic E-state index is -0.404. The number of piperazine rings is 1. The molecule has 0 bridgehead atoms. The number of hydrogen-bond donors (Lipinski definition) is 1. The first kappa shape index (κ1) is 15.4. The molecule has 0 radical (unpaired) electrons. The van der Waals surface area contributed by atoms with E-state index in [0.717, 1.165) is 11.3 Å². The van der Waals surface area contributed by atoms with Gasteiger partial charge in [0.25, 0.3) is 0 Å². The van der Waals surface area contributed by atoms with Crippen LogP contribution in [0.5, 0.6) is 5.75 Å². The van der Waals surface area contributed by atoms with Gasteiger partial charge < -0.3 is 15.0 Å². The second kappa shape index (κ2) is 6.61. The van der Waals surface area contributed by atoms with Gasteiger partial charge in [0.2, 0.25) is 11.8 Å². The number of carbonyl (C=O) groups is 2. The molecule has 2 unspecified atom stereocenters. The van der Waals surface area contributed by atoms with Crippen molar-refractivity contribution in [3.05, 3.63) is 29.8 Å². The molecule has 1 aliphatic heterocycles. The Morgan fingerprint density at radius 3 is 2.33 bits per heavy atom. The van der Waals surface area contributed by atoms with E-state index in [1.165, 1.54) is 0 Å². The highest BCUT2D eigenvalue weighted by Crippen LogP contribution is 2.19. The number of nitrogens with zero attached hydrogens (tertiary/aromatic N) is 1. The van der Waals surface area contributed by atoms with Crippen LogP contribution in [-0.2, 0) is 16.1 Å². The fraction of sp³-hybridized carbons (Fsp3) is 0.500. The quantitative estimate of drug-likeness (QED) is 0.898. The molecule has 0 saturated carbocycles. The van der Waals surface area contributed by atoms with Gasteiger partial charge in [0.15, 0.2) is 0 Å². The maximum Gasteiger partial charge on any atom is 0.246 e. The Hall–Kier alpha value is -2.04. The summed E-state index contributed by atoms with van der Waals surface area (Å²) >= 11 is 0. The molecule has 1 aromatic carbocycles. The van der Waals surface area contributed by atoms with Gasteiger partial charge in [-0.1, -0.05) is 26.0 Å². The summed E-state index contributed by atoms with van der Waals surface area (Å²) in [5, 5.41) is 2.80. The summed E-state index contributed by atoms with van der Waals surface area (Å²) in [5.41, 5.74) is 0.993. The predicted molar refractivity (Wildman–Crippen MR) is 79.8 cm³/mol. The van der Waals surface area contributed by atoms with Crippen molar-refractivity contribution in [1.82, 2.24) is 10.2 Å². The molecule has 5 nitrogen and oxygen atoms in total. The van der Waals surface area contributed by atoms with Crippen molar-refractivity contribution in [2.24, 2.45) is 0 Å². The van der Waals surface area contributed by atoms with Crippen LogP contribution in [-0.4, -0.2) is 35.9 Å². The van der Waals surface area contributed by atoms with E-state index >= 15 is 0 Å². The SMILES string of the molecule is CCC1NC(=O)C(CC)N(Cc2ccc(OC)cc2)C1=O. The molecule has 0 spiro atoms. The van der Waals surface area contributed by atoms with Crippen LogP contribution in [0, 0.1) is 0 Å². The van der Waals surface area contributed by atoms with Crippen LogP contribution in [0.15, 0.2) is 24.3 Å². The Bertz CT molecular complexity index is 513. The van der Waals surface area contributed by atoms with Gasteiger partial charge in [0.05, 0.1) is 7.11 Å². The number of nitrogens with one attached hydrogen (secondary N) is 1. The molecule has 21 heavy (non-hydrogen) atoms. The molecule has 1 aliphatic rings. The lowest BCUT2D eigenvalue weighted by atomic mass is 10.0. The van der Waals surface area contributed by atoms with Gasteiger partial charge in [-0.05, 0) is 30.5 Å². The summed E-state index contributed by atoms with van der Waals surface area (Å²) in [6, 6.07) is 6.78. The highest BCUT2D eigenvalue weighted by molar-refractivity contribution is 5.96. The van der Waals surface area contributed by atoms with Crippen LogP contribution < -0.4 is 10.1 Å². The van der Waals surface area contributed by atoms with Crippen LogP contribution in [0.2, 0.25) is 0 Å². The van der Waals surface area contributed by atoms with Crippen LogP contribution >= 0.6 is 0 Å². The second-order valence-electron chi connectivity index (χ2n) is 5.21. The molecule has 114 valence electrons. The summed E-state index contributed by atoms with van der Waals surface area (Å²) in [5.74, 6) is 0.720. The topological polar surface area (TPSA) is 58.6 Å². The van der Waals surface area contributed by atoms with Crippen LogP contribution in [0.3, 0.4) is 0 Å². The zero-order valence-corrected chi connectivity index (χ0v) is 12.8. The lowest BCUT2D eigenvalue weighted by molar-refractivity contribution is -0.150. The van der Waals surface area contributed by atoms with Gasteiger partial charge in [0, 0.05) is 6.54 Å². The molecule has 1 N–H and O–H groups in total. The average Bonchev–Trinajstić information content (AvgIpc) is 2.51. The van der Waals surface area contributed by atoms with Crippen molar-refractivity contribution in [1.29, 1.82) is 0 Å². The molecule has 2 amide bonds. The minimum absolute atomic E-state index is 0.000215. The Balaban J connectivity index is 2.20. The Labute approximate surface area is 125 Å². The molecule has 0 aromatic heterocycles.